The zero-order chi connectivity index (χ0) is 25.8. The van der Waals surface area contributed by atoms with Crippen LogP contribution in [-0.2, 0) is 24.5 Å². The Hall–Kier alpha value is -3.60. The van der Waals surface area contributed by atoms with Crippen molar-refractivity contribution in [3.63, 3.8) is 0 Å². The number of amides is 2. The molecule has 0 radical (unpaired) electrons. The van der Waals surface area contributed by atoms with E-state index in [4.69, 9.17) is 10.5 Å². The van der Waals surface area contributed by atoms with Crippen LogP contribution in [0.25, 0.3) is 0 Å². The van der Waals surface area contributed by atoms with Crippen LogP contribution in [0.3, 0.4) is 0 Å². The third-order valence-electron chi connectivity index (χ3n) is 5.78. The maximum absolute atomic E-state index is 13.7. The van der Waals surface area contributed by atoms with Gasteiger partial charge in [-0.25, -0.2) is 4.98 Å². The monoisotopic (exact) mass is 490 g/mol. The summed E-state index contributed by atoms with van der Waals surface area (Å²) in [4.78, 5) is 42.9. The number of carbonyl (C=O) groups excluding carboxylic acids is 3. The molecule has 0 saturated carbocycles. The van der Waals surface area contributed by atoms with Gasteiger partial charge in [0.25, 0.3) is 5.91 Å². The maximum Gasteiger partial charge on any atom is 0.388 e. The third-order valence-corrected chi connectivity index (χ3v) is 5.78. The second kappa shape index (κ2) is 10.8. The van der Waals surface area contributed by atoms with Crippen LogP contribution in [0.2, 0.25) is 0 Å². The summed E-state index contributed by atoms with van der Waals surface area (Å²) in [6, 6.07) is 10.4. The quantitative estimate of drug-likeness (QED) is 0.517. The average molecular weight is 491 g/mol. The van der Waals surface area contributed by atoms with Crippen LogP contribution in [0.1, 0.15) is 36.6 Å². The van der Waals surface area contributed by atoms with Crippen molar-refractivity contribution in [2.24, 2.45) is 5.73 Å². The van der Waals surface area contributed by atoms with Crippen LogP contribution in [0.5, 0.6) is 5.88 Å². The fraction of sp³-hybridized carbons (Fsp3) is 0.417. The number of esters is 1. The summed E-state index contributed by atoms with van der Waals surface area (Å²) in [6.07, 6.45) is 0. The molecule has 188 valence electrons. The molecule has 1 aromatic carbocycles. The van der Waals surface area contributed by atoms with Crippen LogP contribution in [-0.4, -0.2) is 60.5 Å². The number of benzene rings is 1. The van der Waals surface area contributed by atoms with E-state index in [1.54, 1.807) is 19.1 Å². The fourth-order valence-corrected chi connectivity index (χ4v) is 3.99. The highest BCUT2D eigenvalue weighted by molar-refractivity contribution is 6.02. The van der Waals surface area contributed by atoms with Gasteiger partial charge in [-0.15, -0.1) is 0 Å². The number of nitrogens with zero attached hydrogens (tertiary/aromatic N) is 2. The molecule has 3 N–H and O–H groups in total. The van der Waals surface area contributed by atoms with Gasteiger partial charge < -0.3 is 25.4 Å². The van der Waals surface area contributed by atoms with Gasteiger partial charge in [0.1, 0.15) is 11.1 Å². The summed E-state index contributed by atoms with van der Waals surface area (Å²) in [6.45, 7) is 1.62. The van der Waals surface area contributed by atoms with Crippen LogP contribution in [0, 0.1) is 6.92 Å². The molecule has 2 heterocycles. The summed E-state index contributed by atoms with van der Waals surface area (Å²) in [5.74, 6) is -2.02. The molecule has 0 bridgehead atoms. The summed E-state index contributed by atoms with van der Waals surface area (Å²) >= 11 is 0. The molecule has 2 amide bonds. The van der Waals surface area contributed by atoms with E-state index in [1.165, 1.54) is 11.0 Å². The molecule has 9 nitrogen and oxygen atoms in total. The molecule has 0 spiro atoms. The lowest BCUT2D eigenvalue weighted by molar-refractivity contribution is -0.156. The van der Waals surface area contributed by atoms with E-state index in [9.17, 15) is 23.2 Å². The van der Waals surface area contributed by atoms with E-state index in [0.717, 1.165) is 5.56 Å². The number of hydrogen-bond donors (Lipinski definition) is 2. The van der Waals surface area contributed by atoms with Crippen LogP contribution >= 0.6 is 0 Å². The van der Waals surface area contributed by atoms with Crippen molar-refractivity contribution in [3.05, 3.63) is 53.2 Å². The summed E-state index contributed by atoms with van der Waals surface area (Å²) in [5, 5.41) is 2.67. The number of alkyl halides is 2. The van der Waals surface area contributed by atoms with Gasteiger partial charge in [0.05, 0.1) is 6.54 Å². The van der Waals surface area contributed by atoms with Crippen molar-refractivity contribution >= 4 is 23.5 Å². The Morgan fingerprint density at radius 1 is 1.17 bits per heavy atom. The molecule has 35 heavy (non-hydrogen) atoms. The number of nitrogens with one attached hydrogen (secondary N) is 1. The van der Waals surface area contributed by atoms with E-state index < -0.39 is 42.3 Å². The normalized spacial score (nSPS) is 14.5. The van der Waals surface area contributed by atoms with Crippen molar-refractivity contribution in [1.82, 2.24) is 9.88 Å². The van der Waals surface area contributed by atoms with Gasteiger partial charge in [0.15, 0.2) is 6.61 Å². The number of pyridine rings is 1. The minimum atomic E-state index is -3.12. The van der Waals surface area contributed by atoms with Gasteiger partial charge in [-0.05, 0) is 36.1 Å². The van der Waals surface area contributed by atoms with E-state index in [-0.39, 0.29) is 31.2 Å². The molecule has 3 rings (SSSR count). The zero-order valence-electron chi connectivity index (χ0n) is 19.7. The number of aryl methyl sites for hydroxylation is 1. The number of ether oxygens (including phenoxy) is 2. The first-order valence-corrected chi connectivity index (χ1v) is 11.0. The molecule has 11 heteroatoms. The third kappa shape index (κ3) is 5.73. The summed E-state index contributed by atoms with van der Waals surface area (Å²) < 4.78 is 35.2. The number of aromatic nitrogens is 1. The first-order valence-electron chi connectivity index (χ1n) is 11.0. The van der Waals surface area contributed by atoms with Crippen molar-refractivity contribution < 1.29 is 32.6 Å². The van der Waals surface area contributed by atoms with Crippen LogP contribution in [0.15, 0.2) is 36.4 Å². The molecule has 1 saturated heterocycles. The smallest absolute Gasteiger partial charge is 0.388 e. The van der Waals surface area contributed by atoms with Gasteiger partial charge in [-0.3, -0.25) is 14.4 Å². The lowest BCUT2D eigenvalue weighted by Gasteiger charge is -2.49. The van der Waals surface area contributed by atoms with Gasteiger partial charge in [0.2, 0.25) is 11.8 Å². The maximum atomic E-state index is 13.7. The average Bonchev–Trinajstić information content (AvgIpc) is 2.78. The van der Waals surface area contributed by atoms with Gasteiger partial charge >= 0.3 is 12.6 Å². The second-order valence-electron chi connectivity index (χ2n) is 8.58. The predicted molar refractivity (Wildman–Crippen MR) is 123 cm³/mol. The molecule has 2 aromatic rings. The Bertz CT molecular complexity index is 1100. The fourth-order valence-electron chi connectivity index (χ4n) is 3.99. The number of likely N-dealkylation sites (tertiary alicyclic amines) is 1. The molecule has 0 unspecified atom stereocenters. The molecule has 1 aliphatic rings. The van der Waals surface area contributed by atoms with Crippen LogP contribution in [0.4, 0.5) is 14.5 Å². The lowest BCUT2D eigenvalue weighted by atomic mass is 9.69. The molecular weight excluding hydrogens is 462 g/mol. The number of nitrogens with two attached hydrogens (primary N) is 1. The lowest BCUT2D eigenvalue weighted by Crippen LogP contribution is -2.67. The first kappa shape index (κ1) is 26.0. The minimum absolute atomic E-state index is 0.00586. The molecule has 1 aromatic heterocycles. The summed E-state index contributed by atoms with van der Waals surface area (Å²) in [7, 11) is 0. The first-order chi connectivity index (χ1) is 16.6. The molecule has 0 aliphatic carbocycles. The summed E-state index contributed by atoms with van der Waals surface area (Å²) in [5.41, 5.74) is 6.08. The van der Waals surface area contributed by atoms with Gasteiger partial charge in [-0.1, -0.05) is 38.1 Å². The Labute approximate surface area is 201 Å². The van der Waals surface area contributed by atoms with Crippen molar-refractivity contribution in [2.45, 2.75) is 38.7 Å². The number of anilines is 1. The van der Waals surface area contributed by atoms with E-state index in [2.05, 4.69) is 15.0 Å². The van der Waals surface area contributed by atoms with Crippen molar-refractivity contribution in [2.75, 3.05) is 31.6 Å². The largest absolute Gasteiger partial charge is 0.455 e. The minimum Gasteiger partial charge on any atom is -0.455 e. The SMILES string of the molecule is Cc1ccc(NC(=O)C2(c3ccccc3C(C)C)CN(C(=O)COC(=O)CN)C2)c(OC(F)F)n1. The Morgan fingerprint density at radius 2 is 1.86 bits per heavy atom. The molecule has 1 fully saturated rings. The Balaban J connectivity index is 1.92. The zero-order valence-corrected chi connectivity index (χ0v) is 19.7. The van der Waals surface area contributed by atoms with Gasteiger partial charge in [0, 0.05) is 18.8 Å². The number of hydrogen-bond acceptors (Lipinski definition) is 7. The Kier molecular flexibility index (Phi) is 8.00. The highest BCUT2D eigenvalue weighted by atomic mass is 19.3. The number of carbonyl (C=O) groups is 3. The number of halogens is 2. The molecular formula is C24H28F2N4O5. The second-order valence-corrected chi connectivity index (χ2v) is 8.58. The molecule has 0 atom stereocenters. The van der Waals surface area contributed by atoms with Crippen LogP contribution < -0.4 is 15.8 Å². The Morgan fingerprint density at radius 3 is 2.49 bits per heavy atom. The van der Waals surface area contributed by atoms with E-state index in [0.29, 0.717) is 11.3 Å². The predicted octanol–water partition coefficient (Wildman–Crippen LogP) is 2.34. The van der Waals surface area contributed by atoms with Crippen molar-refractivity contribution in [3.8, 4) is 5.88 Å². The van der Waals surface area contributed by atoms with Gasteiger partial charge in [-0.2, -0.15) is 8.78 Å². The standard InChI is InChI=1S/C24H28F2N4O5/c1-14(2)16-6-4-5-7-17(16)24(12-30(13-24)19(31)11-34-20(32)10-27)22(33)29-18-9-8-15(3)28-21(18)35-23(25)26/h4-9,14,23H,10-13,27H2,1-3H3,(H,29,33). The van der Waals surface area contributed by atoms with E-state index >= 15 is 0 Å². The van der Waals surface area contributed by atoms with Crippen molar-refractivity contribution in [1.29, 1.82) is 0 Å². The topological polar surface area (TPSA) is 124 Å². The van der Waals surface area contributed by atoms with E-state index in [1.807, 2.05) is 32.0 Å². The highest BCUT2D eigenvalue weighted by Crippen LogP contribution is 2.40. The highest BCUT2D eigenvalue weighted by Gasteiger charge is 2.53. The molecule has 1 aliphatic heterocycles. The number of rotatable bonds is 9.